The second-order valence-electron chi connectivity index (χ2n) is 5.64. The first kappa shape index (κ1) is 13.3. The van der Waals surface area contributed by atoms with Gasteiger partial charge in [0.2, 0.25) is 5.91 Å². The predicted molar refractivity (Wildman–Crippen MR) is 76.5 cm³/mol. The number of carbonyl (C=O) groups is 1. The summed E-state index contributed by atoms with van der Waals surface area (Å²) in [5.74, 6) is 0.301. The number of nitrogens with one attached hydrogen (secondary N) is 1. The lowest BCUT2D eigenvalue weighted by Crippen LogP contribution is -2.57. The van der Waals surface area contributed by atoms with E-state index in [2.05, 4.69) is 10.2 Å². The summed E-state index contributed by atoms with van der Waals surface area (Å²) in [4.78, 5) is 14.3. The normalized spacial score (nSPS) is 28.8. The number of hydrogen-bond acceptors (Lipinski definition) is 2. The largest absolute Gasteiger partial charge is 0.348 e. The first-order valence-electron chi connectivity index (χ1n) is 7.17. The van der Waals surface area contributed by atoms with E-state index in [1.165, 1.54) is 44.1 Å². The van der Waals surface area contributed by atoms with Crippen molar-refractivity contribution in [2.45, 2.75) is 18.9 Å². The van der Waals surface area contributed by atoms with Gasteiger partial charge >= 0.3 is 0 Å². The molecular weight excluding hydrogens is 255 g/mol. The summed E-state index contributed by atoms with van der Waals surface area (Å²) in [5, 5.41) is 3.09. The van der Waals surface area contributed by atoms with Gasteiger partial charge in [0.05, 0.1) is 0 Å². The van der Waals surface area contributed by atoms with Crippen LogP contribution in [-0.4, -0.2) is 36.5 Å². The van der Waals surface area contributed by atoms with Crippen molar-refractivity contribution < 1.29 is 9.18 Å². The van der Waals surface area contributed by atoms with Crippen molar-refractivity contribution >= 4 is 12.0 Å². The number of fused-ring (bicyclic) bond motifs is 3. The Hall–Kier alpha value is -1.68. The Morgan fingerprint density at radius 3 is 2.55 bits per heavy atom. The summed E-state index contributed by atoms with van der Waals surface area (Å²) in [6.45, 7) is 3.31. The minimum Gasteiger partial charge on any atom is -0.348 e. The second-order valence-corrected chi connectivity index (χ2v) is 5.64. The van der Waals surface area contributed by atoms with Crippen molar-refractivity contribution in [3.05, 3.63) is 41.7 Å². The topological polar surface area (TPSA) is 32.3 Å². The van der Waals surface area contributed by atoms with Crippen molar-refractivity contribution in [1.29, 1.82) is 0 Å². The monoisotopic (exact) mass is 274 g/mol. The number of benzene rings is 1. The molecule has 2 bridgehead atoms. The third kappa shape index (κ3) is 3.07. The molecule has 1 aromatic rings. The lowest BCUT2D eigenvalue weighted by Gasteiger charge is -2.44. The smallest absolute Gasteiger partial charge is 0.244 e. The van der Waals surface area contributed by atoms with Crippen molar-refractivity contribution in [3.8, 4) is 0 Å². The van der Waals surface area contributed by atoms with Crippen LogP contribution in [0.4, 0.5) is 4.39 Å². The van der Waals surface area contributed by atoms with Crippen molar-refractivity contribution in [3.63, 3.8) is 0 Å². The fourth-order valence-corrected chi connectivity index (χ4v) is 3.11. The zero-order chi connectivity index (χ0) is 13.9. The van der Waals surface area contributed by atoms with Gasteiger partial charge in [0.15, 0.2) is 0 Å². The van der Waals surface area contributed by atoms with Crippen LogP contribution in [0, 0.1) is 11.7 Å². The number of rotatable bonds is 3. The molecule has 4 rings (SSSR count). The number of nitrogens with zero attached hydrogens (tertiary/aromatic N) is 1. The van der Waals surface area contributed by atoms with Crippen LogP contribution in [0.15, 0.2) is 30.3 Å². The zero-order valence-electron chi connectivity index (χ0n) is 11.4. The summed E-state index contributed by atoms with van der Waals surface area (Å²) in [6.07, 6.45) is 5.63. The van der Waals surface area contributed by atoms with Crippen LogP contribution in [0.25, 0.3) is 6.08 Å². The highest BCUT2D eigenvalue weighted by atomic mass is 19.1. The van der Waals surface area contributed by atoms with Crippen molar-refractivity contribution in [1.82, 2.24) is 10.2 Å². The van der Waals surface area contributed by atoms with Gasteiger partial charge in [0.25, 0.3) is 0 Å². The fourth-order valence-electron chi connectivity index (χ4n) is 3.11. The van der Waals surface area contributed by atoms with Gasteiger partial charge in [-0.1, -0.05) is 12.1 Å². The molecule has 0 saturated carbocycles. The molecule has 0 spiro atoms. The maximum atomic E-state index is 12.8. The van der Waals surface area contributed by atoms with E-state index in [1.807, 2.05) is 0 Å². The highest BCUT2D eigenvalue weighted by Crippen LogP contribution is 2.27. The van der Waals surface area contributed by atoms with Gasteiger partial charge in [-0.25, -0.2) is 4.39 Å². The van der Waals surface area contributed by atoms with Crippen LogP contribution < -0.4 is 5.32 Å². The third-order valence-corrected chi connectivity index (χ3v) is 4.28. The predicted octanol–water partition coefficient (Wildman–Crippen LogP) is 2.05. The molecule has 3 nitrogen and oxygen atoms in total. The van der Waals surface area contributed by atoms with Crippen LogP contribution >= 0.6 is 0 Å². The van der Waals surface area contributed by atoms with Crippen LogP contribution in [-0.2, 0) is 4.79 Å². The Kier molecular flexibility index (Phi) is 3.83. The van der Waals surface area contributed by atoms with Gasteiger partial charge in [0.1, 0.15) is 5.82 Å². The average Bonchev–Trinajstić information content (AvgIpc) is 2.48. The zero-order valence-corrected chi connectivity index (χ0v) is 11.4. The van der Waals surface area contributed by atoms with Crippen molar-refractivity contribution in [2.75, 3.05) is 19.6 Å². The SMILES string of the molecule is O=C(C=Cc1ccc(F)cc1)NC1CN2CCC1CC2. The van der Waals surface area contributed by atoms with E-state index in [4.69, 9.17) is 0 Å². The molecule has 1 amide bonds. The van der Waals surface area contributed by atoms with Gasteiger partial charge in [-0.3, -0.25) is 4.79 Å². The van der Waals surface area contributed by atoms with Gasteiger partial charge in [-0.15, -0.1) is 0 Å². The Morgan fingerprint density at radius 1 is 1.25 bits per heavy atom. The quantitative estimate of drug-likeness (QED) is 0.856. The molecule has 0 aliphatic carbocycles. The van der Waals surface area contributed by atoms with Gasteiger partial charge in [-0.2, -0.15) is 0 Å². The lowest BCUT2D eigenvalue weighted by molar-refractivity contribution is -0.118. The second kappa shape index (κ2) is 5.75. The van der Waals surface area contributed by atoms with Gasteiger partial charge < -0.3 is 10.2 Å². The molecule has 3 fully saturated rings. The summed E-state index contributed by atoms with van der Waals surface area (Å²) < 4.78 is 12.8. The van der Waals surface area contributed by atoms with Gasteiger partial charge in [-0.05, 0) is 55.6 Å². The first-order chi connectivity index (χ1) is 9.70. The highest BCUT2D eigenvalue weighted by Gasteiger charge is 2.34. The molecule has 0 aromatic heterocycles. The molecule has 1 unspecified atom stereocenters. The molecule has 0 radical (unpaired) electrons. The maximum Gasteiger partial charge on any atom is 0.244 e. The van der Waals surface area contributed by atoms with Gasteiger partial charge in [0, 0.05) is 18.7 Å². The summed E-state index contributed by atoms with van der Waals surface area (Å²) >= 11 is 0. The summed E-state index contributed by atoms with van der Waals surface area (Å²) in [5.41, 5.74) is 0.829. The molecule has 20 heavy (non-hydrogen) atoms. The van der Waals surface area contributed by atoms with Crippen molar-refractivity contribution in [2.24, 2.45) is 5.92 Å². The molecule has 1 atom stereocenters. The molecule has 3 saturated heterocycles. The lowest BCUT2D eigenvalue weighted by atomic mass is 9.84. The number of carbonyl (C=O) groups excluding carboxylic acids is 1. The molecule has 3 aliphatic rings. The Balaban J connectivity index is 1.55. The summed E-state index contributed by atoms with van der Waals surface area (Å²) in [7, 11) is 0. The molecular formula is C16H19FN2O. The minimum atomic E-state index is -0.265. The van der Waals surface area contributed by atoms with Crippen LogP contribution in [0.3, 0.4) is 0 Å². The van der Waals surface area contributed by atoms with E-state index >= 15 is 0 Å². The summed E-state index contributed by atoms with van der Waals surface area (Å²) in [6, 6.07) is 6.39. The standard InChI is InChI=1S/C16H19FN2O/c17-14-4-1-12(2-5-14)3-6-16(20)18-15-11-19-9-7-13(15)8-10-19/h1-6,13,15H,7-11H2,(H,18,20). The molecule has 3 heterocycles. The Bertz CT molecular complexity index is 504. The first-order valence-corrected chi connectivity index (χ1v) is 7.17. The van der Waals surface area contributed by atoms with E-state index in [9.17, 15) is 9.18 Å². The average molecular weight is 274 g/mol. The van der Waals surface area contributed by atoms with Crippen LogP contribution in [0.5, 0.6) is 0 Å². The number of amides is 1. The molecule has 106 valence electrons. The molecule has 1 aromatic carbocycles. The van der Waals surface area contributed by atoms with E-state index in [0.717, 1.165) is 12.1 Å². The van der Waals surface area contributed by atoms with Crippen LogP contribution in [0.1, 0.15) is 18.4 Å². The van der Waals surface area contributed by atoms with Crippen LogP contribution in [0.2, 0.25) is 0 Å². The fraction of sp³-hybridized carbons (Fsp3) is 0.438. The molecule has 4 heteroatoms. The molecule has 1 N–H and O–H groups in total. The number of piperidine rings is 3. The number of hydrogen-bond donors (Lipinski definition) is 1. The third-order valence-electron chi connectivity index (χ3n) is 4.28. The highest BCUT2D eigenvalue weighted by molar-refractivity contribution is 5.91. The molecule has 3 aliphatic heterocycles. The minimum absolute atomic E-state index is 0.0620. The van der Waals surface area contributed by atoms with E-state index in [-0.39, 0.29) is 17.8 Å². The van der Waals surface area contributed by atoms with E-state index in [0.29, 0.717) is 5.92 Å². The number of halogens is 1. The van der Waals surface area contributed by atoms with E-state index < -0.39 is 0 Å². The maximum absolute atomic E-state index is 12.8. The Labute approximate surface area is 118 Å². The Morgan fingerprint density at radius 2 is 1.95 bits per heavy atom. The van der Waals surface area contributed by atoms with E-state index in [1.54, 1.807) is 18.2 Å².